The second-order valence-corrected chi connectivity index (χ2v) is 0. The van der Waals surface area contributed by atoms with Gasteiger partial charge in [0, 0.05) is 0 Å². The molecule has 0 saturated heterocycles. The van der Waals surface area contributed by atoms with E-state index in [2.05, 4.69) is 0 Å². The first kappa shape index (κ1) is 26.5. The van der Waals surface area contributed by atoms with E-state index in [9.17, 15) is 0 Å². The molecule has 2 N–H and O–H groups in total. The van der Waals surface area contributed by atoms with Gasteiger partial charge >= 0.3 is 102 Å². The SMILES string of the molecule is O.[BaH2].[BiH3].[PbH2]. The van der Waals surface area contributed by atoms with E-state index in [1.807, 2.05) is 0 Å². The van der Waals surface area contributed by atoms with Crippen LogP contribution in [0.4, 0.5) is 0 Å². The monoisotopic (exact) mass is 580 g/mol. The van der Waals surface area contributed by atoms with E-state index in [0.29, 0.717) is 0 Å². The summed E-state index contributed by atoms with van der Waals surface area (Å²) >= 11 is 0. The van der Waals surface area contributed by atoms with Crippen molar-refractivity contribution in [3.63, 3.8) is 0 Å². The normalized spacial score (nSPS) is 0. The fourth-order valence-electron chi connectivity index (χ4n) is 0. The van der Waals surface area contributed by atoms with Crippen molar-refractivity contribution in [3.05, 3.63) is 0 Å². The van der Waals surface area contributed by atoms with Crippen LogP contribution in [0.15, 0.2) is 0 Å². The van der Waals surface area contributed by atoms with Crippen LogP contribution in [-0.2, 0) is 0 Å². The van der Waals surface area contributed by atoms with Gasteiger partial charge in [0.05, 0.1) is 0 Å². The van der Waals surface area contributed by atoms with E-state index in [4.69, 9.17) is 0 Å². The summed E-state index contributed by atoms with van der Waals surface area (Å²) < 4.78 is 0. The van der Waals surface area contributed by atoms with Gasteiger partial charge < -0.3 is 5.48 Å². The summed E-state index contributed by atoms with van der Waals surface area (Å²) in [6.45, 7) is 0. The van der Waals surface area contributed by atoms with Gasteiger partial charge in [0.1, 0.15) is 0 Å². The molecular weight excluding hydrogens is 570 g/mol. The molecule has 0 aliphatic rings. The molecule has 0 fully saturated rings. The van der Waals surface area contributed by atoms with E-state index in [-0.39, 0.29) is 108 Å². The van der Waals surface area contributed by atoms with Gasteiger partial charge in [0.15, 0.2) is 0 Å². The second-order valence-electron chi connectivity index (χ2n) is 0. The van der Waals surface area contributed by atoms with Crippen molar-refractivity contribution in [2.24, 2.45) is 0 Å². The Bertz CT molecular complexity index is 8.00. The van der Waals surface area contributed by atoms with Crippen molar-refractivity contribution in [2.45, 2.75) is 0 Å². The molecule has 0 atom stereocenters. The van der Waals surface area contributed by atoms with Crippen molar-refractivity contribution in [2.75, 3.05) is 0 Å². The Morgan fingerprint density at radius 1 is 1.00 bits per heavy atom. The van der Waals surface area contributed by atoms with Gasteiger partial charge in [0.2, 0.25) is 0 Å². The summed E-state index contributed by atoms with van der Waals surface area (Å²) in [5.41, 5.74) is 0. The summed E-state index contributed by atoms with van der Waals surface area (Å²) in [7, 11) is 0. The molecule has 0 heterocycles. The van der Waals surface area contributed by atoms with E-state index < -0.39 is 0 Å². The Balaban J connectivity index is 0. The maximum absolute atomic E-state index is 0. The van der Waals surface area contributed by atoms with Crippen LogP contribution >= 0.6 is 0 Å². The predicted octanol–water partition coefficient (Wildman–Crippen LogP) is -3.84. The van der Waals surface area contributed by atoms with E-state index in [1.165, 1.54) is 0 Å². The Morgan fingerprint density at radius 2 is 1.00 bits per heavy atom. The van der Waals surface area contributed by atoms with Crippen molar-refractivity contribution in [1.29, 1.82) is 0 Å². The van der Waals surface area contributed by atoms with Gasteiger partial charge in [-0.15, -0.1) is 0 Å². The molecule has 0 rings (SSSR count). The fraction of sp³-hybridized carbons (Fsp3) is 0. The third-order valence-corrected chi connectivity index (χ3v) is 0. The molecule has 0 saturated carbocycles. The van der Waals surface area contributed by atoms with Crippen LogP contribution in [0.1, 0.15) is 0 Å². The first-order chi connectivity index (χ1) is 0. The van der Waals surface area contributed by atoms with Crippen LogP contribution in [0.2, 0.25) is 0 Å². The average molecular weight is 579 g/mol. The van der Waals surface area contributed by atoms with Gasteiger partial charge in [-0.3, -0.25) is 0 Å². The minimum absolute atomic E-state index is 0. The Morgan fingerprint density at radius 3 is 1.00 bits per heavy atom. The third kappa shape index (κ3) is 9.01. The summed E-state index contributed by atoms with van der Waals surface area (Å²) in [5, 5.41) is 0. The van der Waals surface area contributed by atoms with Crippen LogP contribution < -0.4 is 0 Å². The summed E-state index contributed by atoms with van der Waals surface area (Å²) in [5.74, 6) is 0. The van der Waals surface area contributed by atoms with Crippen molar-refractivity contribution < 1.29 is 5.48 Å². The average Bonchev–Trinajstić information content (AvgIpc) is 0. The van der Waals surface area contributed by atoms with Crippen LogP contribution in [0.5, 0.6) is 0 Å². The van der Waals surface area contributed by atoms with Gasteiger partial charge in [0.25, 0.3) is 0 Å². The number of hydrogen-bond donors (Lipinski definition) is 0. The van der Waals surface area contributed by atoms with Crippen LogP contribution in [-0.4, -0.2) is 108 Å². The molecule has 4 heavy (non-hydrogen) atoms. The standard InChI is InChI=1S/Ba.Bi.H2O.Pb.7H/h;;1H2;;;;;;;;. The number of hydrogen-bond acceptors (Lipinski definition) is 0. The maximum atomic E-state index is 0. The molecule has 4 heteroatoms. The molecule has 0 amide bonds. The van der Waals surface area contributed by atoms with Crippen LogP contribution in [0.25, 0.3) is 0 Å². The molecule has 0 aromatic carbocycles. The minimum atomic E-state index is 0. The van der Waals surface area contributed by atoms with E-state index in [0.717, 1.165) is 0 Å². The van der Waals surface area contributed by atoms with Gasteiger partial charge in [-0.25, -0.2) is 0 Å². The van der Waals surface area contributed by atoms with Gasteiger partial charge in [-0.2, -0.15) is 0 Å². The van der Waals surface area contributed by atoms with Gasteiger partial charge in [-0.05, 0) is 0 Å². The third-order valence-electron chi connectivity index (χ3n) is 0. The molecular formula is H9BaBiOPb. The molecule has 1 nitrogen and oxygen atoms in total. The molecule has 0 aliphatic heterocycles. The zero-order valence-corrected chi connectivity index (χ0v) is 12.9. The topological polar surface area (TPSA) is 31.5 Å². The molecule has 0 unspecified atom stereocenters. The first-order valence-corrected chi connectivity index (χ1v) is 0. The summed E-state index contributed by atoms with van der Waals surface area (Å²) in [6.07, 6.45) is 0. The van der Waals surface area contributed by atoms with Crippen LogP contribution in [0.3, 0.4) is 0 Å². The van der Waals surface area contributed by atoms with Crippen molar-refractivity contribution >= 4 is 102 Å². The molecule has 26 valence electrons. The molecule has 0 aromatic rings. The molecule has 0 aliphatic carbocycles. The van der Waals surface area contributed by atoms with E-state index in [1.54, 1.807) is 0 Å². The Kier molecular flexibility index (Phi) is 107. The molecule has 2 radical (unpaired) electrons. The summed E-state index contributed by atoms with van der Waals surface area (Å²) in [4.78, 5) is 0. The molecule has 0 spiro atoms. The fourth-order valence-corrected chi connectivity index (χ4v) is 0. The molecule has 0 aromatic heterocycles. The van der Waals surface area contributed by atoms with Gasteiger partial charge in [-0.1, -0.05) is 0 Å². The second kappa shape index (κ2) is 16.2. The predicted molar refractivity (Wildman–Crippen MR) is 30.6 cm³/mol. The molecule has 0 bridgehead atoms. The van der Waals surface area contributed by atoms with Crippen molar-refractivity contribution in [3.8, 4) is 0 Å². The zero-order chi connectivity index (χ0) is 0. The summed E-state index contributed by atoms with van der Waals surface area (Å²) in [6, 6.07) is 0. The van der Waals surface area contributed by atoms with E-state index >= 15 is 0 Å². The quantitative estimate of drug-likeness (QED) is 0.264. The van der Waals surface area contributed by atoms with Crippen molar-refractivity contribution in [1.82, 2.24) is 0 Å². The number of rotatable bonds is 0. The Labute approximate surface area is 105 Å². The first-order valence-electron chi connectivity index (χ1n) is 0. The zero-order valence-electron chi connectivity index (χ0n) is 1.91. The van der Waals surface area contributed by atoms with Crippen LogP contribution in [0, 0.1) is 0 Å². The Hall–Kier alpha value is 3.34.